The smallest absolute Gasteiger partial charge is 0.326 e. The Morgan fingerprint density at radius 3 is 2.04 bits per heavy atom. The first-order chi connectivity index (χ1) is 12.7. The molecule has 2 aromatic carbocycles. The van der Waals surface area contributed by atoms with E-state index in [9.17, 15) is 22.8 Å². The molecule has 2 amide bonds. The third kappa shape index (κ3) is 6.86. The second kappa shape index (κ2) is 10.1. The van der Waals surface area contributed by atoms with E-state index < -0.39 is 17.6 Å². The summed E-state index contributed by atoms with van der Waals surface area (Å²) in [6, 6.07) is 11.1. The zero-order chi connectivity index (χ0) is 20.0. The number of hydrogen-bond acceptors (Lipinski definition) is 3. The van der Waals surface area contributed by atoms with Crippen molar-refractivity contribution in [3.8, 4) is 0 Å². The molecule has 0 aromatic heterocycles. The first kappa shape index (κ1) is 23.5. The summed E-state index contributed by atoms with van der Waals surface area (Å²) in [6.45, 7) is 1.16. The van der Waals surface area contributed by atoms with Crippen LogP contribution >= 0.6 is 12.4 Å². The van der Waals surface area contributed by atoms with E-state index >= 15 is 0 Å². The lowest BCUT2D eigenvalue weighted by Gasteiger charge is -2.15. The average molecular weight is 416 g/mol. The fourth-order valence-electron chi connectivity index (χ4n) is 2.63. The van der Waals surface area contributed by atoms with Crippen LogP contribution in [-0.4, -0.2) is 11.8 Å². The highest BCUT2D eigenvalue weighted by atomic mass is 35.5. The van der Waals surface area contributed by atoms with Gasteiger partial charge in [0, 0.05) is 6.92 Å². The van der Waals surface area contributed by atoms with E-state index in [1.807, 2.05) is 12.1 Å². The summed E-state index contributed by atoms with van der Waals surface area (Å²) in [6.07, 6.45) is -3.44. The Labute approximate surface area is 166 Å². The van der Waals surface area contributed by atoms with Crippen molar-refractivity contribution in [2.75, 3.05) is 5.32 Å². The molecule has 0 unspecified atom stereocenters. The Hall–Kier alpha value is -2.58. The summed E-state index contributed by atoms with van der Waals surface area (Å²) in [4.78, 5) is 22.3. The topological polar surface area (TPSA) is 84.2 Å². The van der Waals surface area contributed by atoms with E-state index in [4.69, 9.17) is 5.84 Å². The molecule has 2 rings (SSSR count). The number of rotatable bonds is 6. The molecule has 0 radical (unpaired) electrons. The maximum Gasteiger partial charge on any atom is 0.418 e. The van der Waals surface area contributed by atoms with Crippen molar-refractivity contribution in [2.24, 2.45) is 5.84 Å². The first-order valence-corrected chi connectivity index (χ1v) is 8.24. The SMILES string of the molecule is CC(=O)Nc1ccc(CCc2ccc(CC(=O)NN)cc2)cc1C(F)(F)F.Cl. The van der Waals surface area contributed by atoms with Crippen molar-refractivity contribution >= 4 is 29.9 Å². The highest BCUT2D eigenvalue weighted by Crippen LogP contribution is 2.35. The van der Waals surface area contributed by atoms with Crippen molar-refractivity contribution in [2.45, 2.75) is 32.4 Å². The Kier molecular flexibility index (Phi) is 8.46. The fraction of sp³-hybridized carbons (Fsp3) is 0.263. The maximum atomic E-state index is 13.2. The lowest BCUT2D eigenvalue weighted by atomic mass is 10.00. The number of hydrogen-bond donors (Lipinski definition) is 3. The van der Waals surface area contributed by atoms with Crippen LogP contribution in [0.25, 0.3) is 0 Å². The summed E-state index contributed by atoms with van der Waals surface area (Å²) in [5.41, 5.74) is 3.19. The van der Waals surface area contributed by atoms with Crippen LogP contribution < -0.4 is 16.6 Å². The predicted molar refractivity (Wildman–Crippen MR) is 103 cm³/mol. The lowest BCUT2D eigenvalue weighted by Crippen LogP contribution is -2.31. The van der Waals surface area contributed by atoms with E-state index in [0.29, 0.717) is 18.4 Å². The minimum absolute atomic E-state index is 0. The molecule has 152 valence electrons. The van der Waals surface area contributed by atoms with Crippen molar-refractivity contribution in [3.05, 3.63) is 64.7 Å². The fourth-order valence-corrected chi connectivity index (χ4v) is 2.63. The zero-order valence-electron chi connectivity index (χ0n) is 15.1. The number of halogens is 4. The Balaban J connectivity index is 0.00000392. The van der Waals surface area contributed by atoms with Crippen LogP contribution in [0, 0.1) is 0 Å². The van der Waals surface area contributed by atoms with Gasteiger partial charge < -0.3 is 5.32 Å². The largest absolute Gasteiger partial charge is 0.418 e. The number of amides is 2. The molecular weight excluding hydrogens is 395 g/mol. The Bertz CT molecular complexity index is 824. The molecule has 0 fully saturated rings. The Morgan fingerprint density at radius 2 is 1.50 bits per heavy atom. The second-order valence-corrected chi connectivity index (χ2v) is 6.12. The van der Waals surface area contributed by atoms with E-state index in [1.165, 1.54) is 6.07 Å². The minimum atomic E-state index is -4.56. The monoisotopic (exact) mass is 415 g/mol. The third-order valence-electron chi connectivity index (χ3n) is 3.95. The quantitative estimate of drug-likeness (QED) is 0.384. The number of alkyl halides is 3. The van der Waals surface area contributed by atoms with Gasteiger partial charge in [-0.1, -0.05) is 30.3 Å². The number of carbonyl (C=O) groups is 2. The summed E-state index contributed by atoms with van der Waals surface area (Å²) < 4.78 is 39.7. The lowest BCUT2D eigenvalue weighted by molar-refractivity contribution is -0.137. The molecule has 5 nitrogen and oxygen atoms in total. The van der Waals surface area contributed by atoms with E-state index in [1.54, 1.807) is 18.2 Å². The summed E-state index contributed by atoms with van der Waals surface area (Å²) in [7, 11) is 0. The van der Waals surface area contributed by atoms with Crippen molar-refractivity contribution in [3.63, 3.8) is 0 Å². The van der Waals surface area contributed by atoms with Crippen molar-refractivity contribution in [1.29, 1.82) is 0 Å². The van der Waals surface area contributed by atoms with Crippen molar-refractivity contribution < 1.29 is 22.8 Å². The second-order valence-electron chi connectivity index (χ2n) is 6.12. The van der Waals surface area contributed by atoms with Crippen LogP contribution in [0.2, 0.25) is 0 Å². The van der Waals surface area contributed by atoms with Gasteiger partial charge in [-0.25, -0.2) is 5.84 Å². The third-order valence-corrected chi connectivity index (χ3v) is 3.95. The average Bonchev–Trinajstić information content (AvgIpc) is 2.60. The summed E-state index contributed by atoms with van der Waals surface area (Å²) >= 11 is 0. The molecule has 0 atom stereocenters. The molecule has 0 saturated carbocycles. The molecular formula is C19H21ClF3N3O2. The predicted octanol–water partition coefficient (Wildman–Crippen LogP) is 3.40. The normalized spacial score (nSPS) is 10.8. The number of anilines is 1. The van der Waals surface area contributed by atoms with Crippen LogP contribution in [0.5, 0.6) is 0 Å². The molecule has 4 N–H and O–H groups in total. The molecule has 0 aliphatic rings. The summed E-state index contributed by atoms with van der Waals surface area (Å²) in [5.74, 6) is 4.18. The molecule has 2 aromatic rings. The van der Waals surface area contributed by atoms with Crippen LogP contribution in [0.3, 0.4) is 0 Å². The van der Waals surface area contributed by atoms with Crippen LogP contribution in [-0.2, 0) is 35.0 Å². The van der Waals surface area contributed by atoms with Crippen LogP contribution in [0.15, 0.2) is 42.5 Å². The molecule has 9 heteroatoms. The highest BCUT2D eigenvalue weighted by molar-refractivity contribution is 5.89. The van der Waals surface area contributed by atoms with Gasteiger partial charge in [0.25, 0.3) is 0 Å². The van der Waals surface area contributed by atoms with E-state index in [0.717, 1.165) is 24.1 Å². The highest BCUT2D eigenvalue weighted by Gasteiger charge is 2.34. The number of nitrogens with one attached hydrogen (secondary N) is 2. The number of benzene rings is 2. The zero-order valence-corrected chi connectivity index (χ0v) is 15.9. The Morgan fingerprint density at radius 1 is 0.964 bits per heavy atom. The number of aryl methyl sites for hydroxylation is 2. The standard InChI is InChI=1S/C19H20F3N3O2.ClH/c1-12(26)24-17-9-8-14(10-16(17)19(20,21)22)5-2-13-3-6-15(7-4-13)11-18(27)25-23;/h3-4,6-10H,2,5,11,23H2,1H3,(H,24,26)(H,25,27);1H. The van der Waals surface area contributed by atoms with Gasteiger partial charge in [-0.05, 0) is 41.7 Å². The van der Waals surface area contributed by atoms with Gasteiger partial charge in [0.1, 0.15) is 0 Å². The molecule has 0 heterocycles. The molecule has 0 aliphatic heterocycles. The number of carbonyl (C=O) groups excluding carboxylic acids is 2. The van der Waals surface area contributed by atoms with E-state index in [2.05, 4.69) is 10.7 Å². The van der Waals surface area contributed by atoms with Gasteiger partial charge in [0.2, 0.25) is 11.8 Å². The van der Waals surface area contributed by atoms with Crippen LogP contribution in [0.1, 0.15) is 29.2 Å². The molecule has 0 saturated heterocycles. The molecule has 0 spiro atoms. The number of nitrogens with two attached hydrogens (primary N) is 1. The van der Waals surface area contributed by atoms with Crippen molar-refractivity contribution in [1.82, 2.24) is 5.43 Å². The van der Waals surface area contributed by atoms with Gasteiger partial charge in [0.15, 0.2) is 0 Å². The molecule has 0 bridgehead atoms. The summed E-state index contributed by atoms with van der Waals surface area (Å²) in [5, 5.41) is 2.21. The van der Waals surface area contributed by atoms with Gasteiger partial charge in [-0.15, -0.1) is 12.4 Å². The van der Waals surface area contributed by atoms with E-state index in [-0.39, 0.29) is 30.4 Å². The van der Waals surface area contributed by atoms with Gasteiger partial charge >= 0.3 is 6.18 Å². The number of hydrazine groups is 1. The maximum absolute atomic E-state index is 13.2. The molecule has 0 aliphatic carbocycles. The van der Waals surface area contributed by atoms with Crippen LogP contribution in [0.4, 0.5) is 18.9 Å². The van der Waals surface area contributed by atoms with Gasteiger partial charge in [-0.3, -0.25) is 15.0 Å². The first-order valence-electron chi connectivity index (χ1n) is 8.24. The van der Waals surface area contributed by atoms with Gasteiger partial charge in [-0.2, -0.15) is 13.2 Å². The van der Waals surface area contributed by atoms with Gasteiger partial charge in [0.05, 0.1) is 17.7 Å². The minimum Gasteiger partial charge on any atom is -0.326 e. The molecule has 28 heavy (non-hydrogen) atoms.